The maximum atomic E-state index is 13.0. The van der Waals surface area contributed by atoms with Crippen molar-refractivity contribution in [1.82, 2.24) is 9.88 Å². The molecule has 116 valence electrons. The van der Waals surface area contributed by atoms with Crippen LogP contribution >= 0.6 is 0 Å². The summed E-state index contributed by atoms with van der Waals surface area (Å²) in [5, 5.41) is 2.13. The molecule has 1 aromatic heterocycles. The number of nitrogens with zero attached hydrogens (tertiary/aromatic N) is 2. The Morgan fingerprint density at radius 1 is 1.00 bits per heavy atom. The number of hydrogen-bond donors (Lipinski definition) is 0. The minimum Gasteiger partial charge on any atom is -0.335 e. The molecule has 0 aliphatic carbocycles. The van der Waals surface area contributed by atoms with Crippen LogP contribution in [-0.4, -0.2) is 22.8 Å². The molecule has 0 fully saturated rings. The van der Waals surface area contributed by atoms with E-state index in [1.54, 1.807) is 17.3 Å². The van der Waals surface area contributed by atoms with E-state index in [2.05, 4.69) is 18.0 Å². The Morgan fingerprint density at radius 2 is 1.65 bits per heavy atom. The van der Waals surface area contributed by atoms with Gasteiger partial charge in [-0.3, -0.25) is 9.78 Å². The second-order valence-electron chi connectivity index (χ2n) is 5.85. The summed E-state index contributed by atoms with van der Waals surface area (Å²) in [6.45, 7) is 4.10. The van der Waals surface area contributed by atoms with Gasteiger partial charge in [0.25, 0.3) is 5.91 Å². The number of aryl methyl sites for hydroxylation is 1. The van der Waals surface area contributed by atoms with Crippen molar-refractivity contribution in [2.45, 2.75) is 19.9 Å². The fourth-order valence-electron chi connectivity index (χ4n) is 2.87. The monoisotopic (exact) mass is 304 g/mol. The Labute approximate surface area is 136 Å². The van der Waals surface area contributed by atoms with Crippen LogP contribution in [0.25, 0.3) is 10.8 Å². The standard InChI is InChI=1S/C20H20N2O/c1-14-8-9-19(18-7-5-4-6-17(14)18)20(23)22(3)15(2)16-10-12-21-13-11-16/h4-13,15H,1-3H3. The van der Waals surface area contributed by atoms with Crippen molar-refractivity contribution >= 4 is 16.7 Å². The third-order valence-electron chi connectivity index (χ3n) is 4.46. The SMILES string of the molecule is Cc1ccc(C(=O)N(C)C(C)c2ccncc2)c2ccccc12. The van der Waals surface area contributed by atoms with Crippen LogP contribution in [-0.2, 0) is 0 Å². The van der Waals surface area contributed by atoms with E-state index in [0.717, 1.165) is 21.9 Å². The zero-order chi connectivity index (χ0) is 16.4. The van der Waals surface area contributed by atoms with E-state index in [1.807, 2.05) is 56.4 Å². The lowest BCUT2D eigenvalue weighted by atomic mass is 9.99. The fraction of sp³-hybridized carbons (Fsp3) is 0.200. The molecule has 1 atom stereocenters. The lowest BCUT2D eigenvalue weighted by molar-refractivity contribution is 0.0744. The van der Waals surface area contributed by atoms with Crippen LogP contribution < -0.4 is 0 Å². The zero-order valence-electron chi connectivity index (χ0n) is 13.7. The van der Waals surface area contributed by atoms with Crippen LogP contribution in [0, 0.1) is 6.92 Å². The topological polar surface area (TPSA) is 33.2 Å². The molecule has 3 nitrogen and oxygen atoms in total. The second-order valence-corrected chi connectivity index (χ2v) is 5.85. The number of rotatable bonds is 3. The van der Waals surface area contributed by atoms with Gasteiger partial charge in [0.15, 0.2) is 0 Å². The normalized spacial score (nSPS) is 12.1. The molecule has 0 bridgehead atoms. The Balaban J connectivity index is 1.99. The number of carbonyl (C=O) groups excluding carboxylic acids is 1. The van der Waals surface area contributed by atoms with Gasteiger partial charge in [0.2, 0.25) is 0 Å². The summed E-state index contributed by atoms with van der Waals surface area (Å²) in [7, 11) is 1.85. The first-order chi connectivity index (χ1) is 11.1. The van der Waals surface area contributed by atoms with Gasteiger partial charge in [0.1, 0.15) is 0 Å². The van der Waals surface area contributed by atoms with Crippen molar-refractivity contribution in [3.8, 4) is 0 Å². The van der Waals surface area contributed by atoms with Crippen LogP contribution in [0.4, 0.5) is 0 Å². The summed E-state index contributed by atoms with van der Waals surface area (Å²) in [5.41, 5.74) is 3.00. The summed E-state index contributed by atoms with van der Waals surface area (Å²) >= 11 is 0. The molecule has 3 heteroatoms. The molecule has 1 amide bonds. The highest BCUT2D eigenvalue weighted by atomic mass is 16.2. The molecule has 3 aromatic rings. The van der Waals surface area contributed by atoms with E-state index in [4.69, 9.17) is 0 Å². The quantitative estimate of drug-likeness (QED) is 0.719. The fourth-order valence-corrected chi connectivity index (χ4v) is 2.87. The number of pyridine rings is 1. The molecular formula is C20H20N2O. The predicted octanol–water partition coefficient (Wildman–Crippen LogP) is 4.38. The largest absolute Gasteiger partial charge is 0.335 e. The Bertz CT molecular complexity index is 843. The van der Waals surface area contributed by atoms with Crippen molar-refractivity contribution in [2.75, 3.05) is 7.05 Å². The van der Waals surface area contributed by atoms with E-state index >= 15 is 0 Å². The molecule has 1 unspecified atom stereocenters. The second kappa shape index (κ2) is 6.21. The molecule has 23 heavy (non-hydrogen) atoms. The number of benzene rings is 2. The third-order valence-corrected chi connectivity index (χ3v) is 4.46. The lowest BCUT2D eigenvalue weighted by Crippen LogP contribution is -2.29. The molecule has 1 heterocycles. The summed E-state index contributed by atoms with van der Waals surface area (Å²) in [6, 6.07) is 15.9. The van der Waals surface area contributed by atoms with E-state index in [9.17, 15) is 4.79 Å². The molecule has 2 aromatic carbocycles. The molecule has 3 rings (SSSR count). The van der Waals surface area contributed by atoms with Crippen LogP contribution in [0.1, 0.15) is 34.5 Å². The van der Waals surface area contributed by atoms with Gasteiger partial charge in [-0.1, -0.05) is 30.3 Å². The van der Waals surface area contributed by atoms with Gasteiger partial charge in [-0.2, -0.15) is 0 Å². The predicted molar refractivity (Wildman–Crippen MR) is 93.4 cm³/mol. The average Bonchev–Trinajstić information content (AvgIpc) is 2.61. The zero-order valence-corrected chi connectivity index (χ0v) is 13.7. The van der Waals surface area contributed by atoms with Crippen LogP contribution in [0.15, 0.2) is 60.9 Å². The summed E-state index contributed by atoms with van der Waals surface area (Å²) in [6.07, 6.45) is 3.51. The molecular weight excluding hydrogens is 284 g/mol. The molecule has 0 aliphatic heterocycles. The first kappa shape index (κ1) is 15.2. The van der Waals surface area contributed by atoms with E-state index < -0.39 is 0 Å². The third kappa shape index (κ3) is 2.82. The maximum Gasteiger partial charge on any atom is 0.254 e. The van der Waals surface area contributed by atoms with Crippen molar-refractivity contribution in [1.29, 1.82) is 0 Å². The van der Waals surface area contributed by atoms with Gasteiger partial charge in [-0.25, -0.2) is 0 Å². The van der Waals surface area contributed by atoms with Crippen molar-refractivity contribution in [3.63, 3.8) is 0 Å². The van der Waals surface area contributed by atoms with Crippen molar-refractivity contribution < 1.29 is 4.79 Å². The summed E-state index contributed by atoms with van der Waals surface area (Å²) in [4.78, 5) is 18.8. The minimum absolute atomic E-state index is 0.00874. The number of carbonyl (C=O) groups is 1. The van der Waals surface area contributed by atoms with Crippen molar-refractivity contribution in [2.24, 2.45) is 0 Å². The molecule has 0 aliphatic rings. The number of fused-ring (bicyclic) bond motifs is 1. The Kier molecular flexibility index (Phi) is 4.11. The van der Waals surface area contributed by atoms with E-state index in [1.165, 1.54) is 5.56 Å². The first-order valence-corrected chi connectivity index (χ1v) is 7.75. The van der Waals surface area contributed by atoms with Gasteiger partial charge in [0, 0.05) is 25.0 Å². The average molecular weight is 304 g/mol. The molecule has 0 saturated carbocycles. The Hall–Kier alpha value is -2.68. The highest BCUT2D eigenvalue weighted by Gasteiger charge is 2.20. The smallest absolute Gasteiger partial charge is 0.254 e. The van der Waals surface area contributed by atoms with E-state index in [0.29, 0.717) is 0 Å². The van der Waals surface area contributed by atoms with Crippen LogP contribution in [0.3, 0.4) is 0 Å². The van der Waals surface area contributed by atoms with Gasteiger partial charge < -0.3 is 4.90 Å². The van der Waals surface area contributed by atoms with Crippen LogP contribution in [0.2, 0.25) is 0 Å². The highest BCUT2D eigenvalue weighted by molar-refractivity contribution is 6.07. The van der Waals surface area contributed by atoms with Gasteiger partial charge in [-0.05, 0) is 53.9 Å². The van der Waals surface area contributed by atoms with Gasteiger partial charge >= 0.3 is 0 Å². The number of aromatic nitrogens is 1. The van der Waals surface area contributed by atoms with E-state index in [-0.39, 0.29) is 11.9 Å². The Morgan fingerprint density at radius 3 is 2.35 bits per heavy atom. The number of amides is 1. The molecule has 0 spiro atoms. The van der Waals surface area contributed by atoms with Crippen LogP contribution in [0.5, 0.6) is 0 Å². The van der Waals surface area contributed by atoms with Gasteiger partial charge in [-0.15, -0.1) is 0 Å². The lowest BCUT2D eigenvalue weighted by Gasteiger charge is -2.26. The van der Waals surface area contributed by atoms with Crippen molar-refractivity contribution in [3.05, 3.63) is 77.6 Å². The highest BCUT2D eigenvalue weighted by Crippen LogP contribution is 2.26. The molecule has 0 saturated heterocycles. The van der Waals surface area contributed by atoms with Gasteiger partial charge in [0.05, 0.1) is 6.04 Å². The summed E-state index contributed by atoms with van der Waals surface area (Å²) < 4.78 is 0. The first-order valence-electron chi connectivity index (χ1n) is 7.75. The maximum absolute atomic E-state index is 13.0. The molecule has 0 N–H and O–H groups in total. The molecule has 0 radical (unpaired) electrons. The number of hydrogen-bond acceptors (Lipinski definition) is 2. The summed E-state index contributed by atoms with van der Waals surface area (Å²) in [5.74, 6) is 0.0329. The minimum atomic E-state index is -0.00874.